The number of amides is 1. The van der Waals surface area contributed by atoms with Gasteiger partial charge in [-0.15, -0.1) is 0 Å². The Hall–Kier alpha value is -3.95. The van der Waals surface area contributed by atoms with Crippen molar-refractivity contribution in [3.05, 3.63) is 94.7 Å². The van der Waals surface area contributed by atoms with Gasteiger partial charge in [0.15, 0.2) is 0 Å². The Morgan fingerprint density at radius 1 is 0.975 bits per heavy atom. The lowest BCUT2D eigenvalue weighted by atomic mass is 10.0. The quantitative estimate of drug-likeness (QED) is 0.135. The molecule has 40 heavy (non-hydrogen) atoms. The van der Waals surface area contributed by atoms with Crippen molar-refractivity contribution in [3.63, 3.8) is 0 Å². The molecule has 1 amide bonds. The number of fused-ring (bicyclic) bond motifs is 2. The Morgan fingerprint density at radius 2 is 1.70 bits per heavy atom. The maximum absolute atomic E-state index is 12.9. The number of para-hydroxylation sites is 1. The average Bonchev–Trinajstić information content (AvgIpc) is 3.41. The second-order valence-electron chi connectivity index (χ2n) is 11.0. The molecule has 206 valence electrons. The fourth-order valence-electron chi connectivity index (χ4n) is 4.46. The lowest BCUT2D eigenvalue weighted by Crippen LogP contribution is -2.22. The molecule has 0 aliphatic carbocycles. The topological polar surface area (TPSA) is 56.2 Å². The zero-order valence-electron chi connectivity index (χ0n) is 22.5. The summed E-state index contributed by atoms with van der Waals surface area (Å²) in [5.74, 6) is -0.148. The van der Waals surface area contributed by atoms with Gasteiger partial charge in [0.25, 0.3) is 5.91 Å². The summed E-state index contributed by atoms with van der Waals surface area (Å²) < 4.78 is 46.6. The van der Waals surface area contributed by atoms with Crippen LogP contribution in [0.1, 0.15) is 27.9 Å². The molecule has 9 heteroatoms. The second-order valence-corrected chi connectivity index (χ2v) is 16.6. The number of carbonyl (C=O) groups excluding carboxylic acids is 1. The first kappa shape index (κ1) is 27.6. The Kier molecular flexibility index (Phi) is 7.52. The van der Waals surface area contributed by atoms with Crippen LogP contribution in [0.25, 0.3) is 34.7 Å². The highest BCUT2D eigenvalue weighted by Crippen LogP contribution is 2.34. The third-order valence-corrected chi connectivity index (χ3v) is 8.41. The number of nitrogens with zero attached hydrogens (tertiary/aromatic N) is 2. The predicted octanol–water partition coefficient (Wildman–Crippen LogP) is 8.03. The summed E-state index contributed by atoms with van der Waals surface area (Å²) in [6.45, 7) is 7.77. The van der Waals surface area contributed by atoms with E-state index >= 15 is 0 Å². The van der Waals surface area contributed by atoms with E-state index in [1.165, 1.54) is 12.1 Å². The van der Waals surface area contributed by atoms with Crippen LogP contribution in [-0.2, 0) is 22.4 Å². The number of aromatic nitrogens is 2. The van der Waals surface area contributed by atoms with Crippen LogP contribution < -0.4 is 5.32 Å². The van der Waals surface area contributed by atoms with E-state index in [-0.39, 0.29) is 12.6 Å². The van der Waals surface area contributed by atoms with Crippen LogP contribution in [0.2, 0.25) is 25.7 Å². The summed E-state index contributed by atoms with van der Waals surface area (Å²) in [4.78, 5) is 12.6. The molecule has 0 bridgehead atoms. The molecule has 3 aromatic carbocycles. The highest BCUT2D eigenvalue weighted by atomic mass is 28.3. The molecule has 1 N–H and O–H groups in total. The van der Waals surface area contributed by atoms with Crippen LogP contribution in [0.5, 0.6) is 0 Å². The molecule has 1 aliphatic heterocycles. The number of hydrogen-bond donors (Lipinski definition) is 1. The van der Waals surface area contributed by atoms with Crippen molar-refractivity contribution in [2.45, 2.75) is 38.6 Å². The van der Waals surface area contributed by atoms with Crippen molar-refractivity contribution in [1.29, 1.82) is 0 Å². The summed E-state index contributed by atoms with van der Waals surface area (Å²) in [5, 5.41) is 8.52. The molecule has 0 spiro atoms. The van der Waals surface area contributed by atoms with Crippen molar-refractivity contribution >= 4 is 54.4 Å². The van der Waals surface area contributed by atoms with Gasteiger partial charge in [0.1, 0.15) is 6.73 Å². The van der Waals surface area contributed by atoms with E-state index in [9.17, 15) is 18.0 Å². The Balaban J connectivity index is 1.47. The highest BCUT2D eigenvalue weighted by molar-refractivity contribution is 6.76. The molecule has 5 rings (SSSR count). The monoisotopic (exact) mass is 561 g/mol. The predicted molar refractivity (Wildman–Crippen MR) is 157 cm³/mol. The fraction of sp³-hybridized carbons (Fsp3) is 0.226. The molecule has 0 saturated carbocycles. The number of carbonyl (C=O) groups is 1. The van der Waals surface area contributed by atoms with Crippen molar-refractivity contribution in [1.82, 2.24) is 9.78 Å². The molecule has 1 aliphatic rings. The Bertz CT molecular complexity index is 1610. The molecule has 1 aromatic heterocycles. The number of hydrogen-bond acceptors (Lipinski definition) is 3. The molecule has 2 heterocycles. The van der Waals surface area contributed by atoms with Crippen molar-refractivity contribution in [2.24, 2.45) is 0 Å². The number of nitrogens with one attached hydrogen (secondary N) is 1. The van der Waals surface area contributed by atoms with E-state index in [4.69, 9.17) is 9.84 Å². The average molecular weight is 562 g/mol. The van der Waals surface area contributed by atoms with Gasteiger partial charge < -0.3 is 10.1 Å². The fourth-order valence-corrected chi connectivity index (χ4v) is 5.22. The zero-order valence-corrected chi connectivity index (χ0v) is 23.5. The van der Waals surface area contributed by atoms with Crippen LogP contribution >= 0.6 is 0 Å². The van der Waals surface area contributed by atoms with Gasteiger partial charge in [-0.1, -0.05) is 62.1 Å². The van der Waals surface area contributed by atoms with E-state index < -0.39 is 19.8 Å². The molecule has 0 unspecified atom stereocenters. The first-order valence-electron chi connectivity index (χ1n) is 13.0. The SMILES string of the molecule is C[Si](C)(C)CCOCn1nc(C=Cc2ccc(C(F)(F)F)cc2)c2ccc(/C=C3/C(=O)Nc4ccccc43)cc21. The van der Waals surface area contributed by atoms with Crippen molar-refractivity contribution in [2.75, 3.05) is 11.9 Å². The Morgan fingerprint density at radius 3 is 2.42 bits per heavy atom. The number of ether oxygens (including phenoxy) is 1. The summed E-state index contributed by atoms with van der Waals surface area (Å²) >= 11 is 0. The van der Waals surface area contributed by atoms with E-state index in [0.29, 0.717) is 23.4 Å². The smallest absolute Gasteiger partial charge is 0.360 e. The van der Waals surface area contributed by atoms with E-state index in [1.807, 2.05) is 48.5 Å². The minimum atomic E-state index is -4.37. The zero-order chi connectivity index (χ0) is 28.5. The first-order chi connectivity index (χ1) is 19.0. The minimum Gasteiger partial charge on any atom is -0.360 e. The first-order valence-corrected chi connectivity index (χ1v) is 16.7. The number of halogens is 3. The number of rotatable bonds is 8. The van der Waals surface area contributed by atoms with Gasteiger partial charge in [0.2, 0.25) is 0 Å². The van der Waals surface area contributed by atoms with Gasteiger partial charge in [-0.2, -0.15) is 18.3 Å². The molecule has 0 saturated heterocycles. The van der Waals surface area contributed by atoms with Gasteiger partial charge >= 0.3 is 6.18 Å². The molecule has 0 atom stereocenters. The van der Waals surface area contributed by atoms with Crippen molar-refractivity contribution in [3.8, 4) is 0 Å². The molecule has 0 radical (unpaired) electrons. The minimum absolute atomic E-state index is 0.148. The van der Waals surface area contributed by atoms with E-state index in [1.54, 1.807) is 16.8 Å². The van der Waals surface area contributed by atoms with Gasteiger partial charge in [-0.25, -0.2) is 4.68 Å². The molecule has 4 aromatic rings. The second kappa shape index (κ2) is 10.9. The lowest BCUT2D eigenvalue weighted by Gasteiger charge is -2.15. The van der Waals surface area contributed by atoms with Gasteiger partial charge in [0.05, 0.1) is 16.8 Å². The normalized spacial score (nSPS) is 14.8. The van der Waals surface area contributed by atoms with E-state index in [0.717, 1.165) is 45.9 Å². The van der Waals surface area contributed by atoms with Crippen LogP contribution in [0.15, 0.2) is 66.7 Å². The van der Waals surface area contributed by atoms with Gasteiger partial charge in [0, 0.05) is 36.9 Å². The largest absolute Gasteiger partial charge is 0.416 e. The molecule has 0 fully saturated rings. The third-order valence-electron chi connectivity index (χ3n) is 6.71. The molecule has 5 nitrogen and oxygen atoms in total. The third kappa shape index (κ3) is 6.26. The lowest BCUT2D eigenvalue weighted by molar-refractivity contribution is -0.137. The number of alkyl halides is 3. The van der Waals surface area contributed by atoms with Gasteiger partial charge in [-0.3, -0.25) is 4.79 Å². The summed E-state index contributed by atoms with van der Waals surface area (Å²) in [7, 11) is -1.26. The maximum atomic E-state index is 12.9. The van der Waals surface area contributed by atoms with Crippen molar-refractivity contribution < 1.29 is 22.7 Å². The number of anilines is 1. The highest BCUT2D eigenvalue weighted by Gasteiger charge is 2.29. The number of benzene rings is 3. The van der Waals surface area contributed by atoms with Crippen LogP contribution in [0.3, 0.4) is 0 Å². The van der Waals surface area contributed by atoms with Crippen LogP contribution in [0.4, 0.5) is 18.9 Å². The summed E-state index contributed by atoms with van der Waals surface area (Å²) in [6, 6.07) is 19.5. The summed E-state index contributed by atoms with van der Waals surface area (Å²) in [6.07, 6.45) is 1.03. The van der Waals surface area contributed by atoms with E-state index in [2.05, 4.69) is 25.0 Å². The molecular formula is C31H30F3N3O2Si. The van der Waals surface area contributed by atoms with Crippen LogP contribution in [-0.4, -0.2) is 30.4 Å². The Labute approximate surface area is 232 Å². The maximum Gasteiger partial charge on any atom is 0.416 e. The van der Waals surface area contributed by atoms with Gasteiger partial charge in [-0.05, 0) is 59.7 Å². The summed E-state index contributed by atoms with van der Waals surface area (Å²) in [5.41, 5.74) is 4.54. The molecular weight excluding hydrogens is 531 g/mol. The van der Waals surface area contributed by atoms with Crippen LogP contribution in [0, 0.1) is 0 Å². The standard InChI is InChI=1S/C31H30F3N3O2Si/c1-40(2,3)17-16-39-20-37-29-19-22(18-26-24-6-4-5-7-27(24)35-30(26)38)10-14-25(29)28(36-37)15-11-21-8-12-23(13-9-21)31(32,33)34/h4-15,18-19H,16-17,20H2,1-3H3,(H,35,38)/b15-11?,26-18+.